The van der Waals surface area contributed by atoms with Crippen LogP contribution in [0.3, 0.4) is 0 Å². The summed E-state index contributed by atoms with van der Waals surface area (Å²) in [7, 11) is -3.45. The number of nitrogens with one attached hydrogen (secondary N) is 1. The van der Waals surface area contributed by atoms with E-state index in [-0.39, 0.29) is 10.3 Å². The molecule has 18 heavy (non-hydrogen) atoms. The van der Waals surface area contributed by atoms with Crippen LogP contribution in [0.2, 0.25) is 5.02 Å². The summed E-state index contributed by atoms with van der Waals surface area (Å²) >= 11 is 9.08. The van der Waals surface area contributed by atoms with Gasteiger partial charge in [0.05, 0.1) is 9.92 Å². The molecule has 1 saturated carbocycles. The lowest BCUT2D eigenvalue weighted by Crippen LogP contribution is -2.39. The molecular formula is C12H15BrClNO2S. The number of rotatable bonds is 4. The summed E-state index contributed by atoms with van der Waals surface area (Å²) < 4.78 is 27.5. The first kappa shape index (κ1) is 14.3. The van der Waals surface area contributed by atoms with Crippen molar-refractivity contribution in [3.8, 4) is 0 Å². The quantitative estimate of drug-likeness (QED) is 0.900. The lowest BCUT2D eigenvalue weighted by Gasteiger charge is -2.38. The van der Waals surface area contributed by atoms with Crippen LogP contribution in [0, 0.1) is 5.41 Å². The predicted molar refractivity (Wildman–Crippen MR) is 76.3 cm³/mol. The van der Waals surface area contributed by atoms with Crippen LogP contribution in [0.4, 0.5) is 0 Å². The van der Waals surface area contributed by atoms with Gasteiger partial charge in [0.1, 0.15) is 0 Å². The third-order valence-corrected chi connectivity index (χ3v) is 6.06. The van der Waals surface area contributed by atoms with Crippen molar-refractivity contribution >= 4 is 37.6 Å². The Kier molecular flexibility index (Phi) is 4.07. The Balaban J connectivity index is 2.12. The first-order valence-corrected chi connectivity index (χ1v) is 8.43. The summed E-state index contributed by atoms with van der Waals surface area (Å²) in [6.07, 6.45) is 3.35. The normalized spacial score (nSPS) is 18.4. The van der Waals surface area contributed by atoms with Crippen LogP contribution in [0.5, 0.6) is 0 Å². The van der Waals surface area contributed by atoms with Crippen LogP contribution in [0.1, 0.15) is 26.2 Å². The highest BCUT2D eigenvalue weighted by molar-refractivity contribution is 9.10. The van der Waals surface area contributed by atoms with Gasteiger partial charge in [0.25, 0.3) is 0 Å². The molecule has 1 aromatic rings. The molecule has 0 aromatic heterocycles. The van der Waals surface area contributed by atoms with Crippen LogP contribution in [-0.4, -0.2) is 15.0 Å². The van der Waals surface area contributed by atoms with Gasteiger partial charge in [-0.2, -0.15) is 0 Å². The smallest absolute Gasteiger partial charge is 0.211 e. The van der Waals surface area contributed by atoms with E-state index in [4.69, 9.17) is 11.6 Å². The van der Waals surface area contributed by atoms with Gasteiger partial charge in [-0.15, -0.1) is 0 Å². The third-order valence-electron chi connectivity index (χ3n) is 3.45. The molecule has 1 aliphatic carbocycles. The van der Waals surface area contributed by atoms with E-state index in [9.17, 15) is 8.42 Å². The largest absolute Gasteiger partial charge is 0.240 e. The third kappa shape index (κ3) is 3.07. The fourth-order valence-corrected chi connectivity index (χ4v) is 3.83. The zero-order valence-electron chi connectivity index (χ0n) is 10.0. The first-order chi connectivity index (χ1) is 8.32. The van der Waals surface area contributed by atoms with Gasteiger partial charge in [-0.25, -0.2) is 13.1 Å². The van der Waals surface area contributed by atoms with Crippen molar-refractivity contribution < 1.29 is 8.42 Å². The Labute approximate surface area is 121 Å². The Bertz CT molecular complexity index is 555. The average molecular weight is 353 g/mol. The molecule has 2 rings (SSSR count). The van der Waals surface area contributed by atoms with Gasteiger partial charge in [-0.05, 0) is 52.4 Å². The molecule has 0 radical (unpaired) electrons. The monoisotopic (exact) mass is 351 g/mol. The van der Waals surface area contributed by atoms with E-state index in [1.165, 1.54) is 18.6 Å². The van der Waals surface area contributed by atoms with Gasteiger partial charge in [-0.3, -0.25) is 0 Å². The van der Waals surface area contributed by atoms with Crippen LogP contribution in [-0.2, 0) is 10.0 Å². The molecule has 0 unspecified atom stereocenters. The summed E-state index contributed by atoms with van der Waals surface area (Å²) in [5, 5.41) is 0.500. The zero-order valence-corrected chi connectivity index (χ0v) is 13.2. The molecule has 6 heteroatoms. The molecule has 1 N–H and O–H groups in total. The maximum Gasteiger partial charge on any atom is 0.240 e. The van der Waals surface area contributed by atoms with Crippen molar-refractivity contribution in [3.05, 3.63) is 27.7 Å². The molecule has 0 amide bonds. The molecule has 1 fully saturated rings. The van der Waals surface area contributed by atoms with E-state index in [1.807, 2.05) is 0 Å². The zero-order chi connectivity index (χ0) is 13.4. The Hall–Kier alpha value is -0.100. The van der Waals surface area contributed by atoms with Gasteiger partial charge < -0.3 is 0 Å². The molecular weight excluding hydrogens is 338 g/mol. The lowest BCUT2D eigenvalue weighted by molar-refractivity contribution is 0.166. The van der Waals surface area contributed by atoms with Gasteiger partial charge >= 0.3 is 0 Å². The summed E-state index contributed by atoms with van der Waals surface area (Å²) in [5.41, 5.74) is 0.122. The highest BCUT2D eigenvalue weighted by Gasteiger charge is 2.33. The van der Waals surface area contributed by atoms with Crippen molar-refractivity contribution in [2.75, 3.05) is 6.54 Å². The Morgan fingerprint density at radius 3 is 2.61 bits per heavy atom. The molecule has 0 aliphatic heterocycles. The molecule has 1 aliphatic rings. The van der Waals surface area contributed by atoms with E-state index in [2.05, 4.69) is 27.6 Å². The Morgan fingerprint density at radius 2 is 2.11 bits per heavy atom. The molecule has 1 aromatic carbocycles. The maximum atomic E-state index is 12.1. The second-order valence-corrected chi connectivity index (χ2v) is 8.09. The van der Waals surface area contributed by atoms with Crippen LogP contribution >= 0.6 is 27.5 Å². The van der Waals surface area contributed by atoms with Gasteiger partial charge in [0.2, 0.25) is 10.0 Å². The van der Waals surface area contributed by atoms with Crippen molar-refractivity contribution in [2.45, 2.75) is 31.1 Å². The van der Waals surface area contributed by atoms with E-state index in [1.54, 1.807) is 6.07 Å². The summed E-state index contributed by atoms with van der Waals surface area (Å²) in [5.74, 6) is 0. The molecule has 0 atom stereocenters. The minimum Gasteiger partial charge on any atom is -0.211 e. The second kappa shape index (κ2) is 5.12. The van der Waals surface area contributed by atoms with Gasteiger partial charge in [0.15, 0.2) is 0 Å². The van der Waals surface area contributed by atoms with E-state index < -0.39 is 10.0 Å². The van der Waals surface area contributed by atoms with Crippen molar-refractivity contribution in [1.82, 2.24) is 4.72 Å². The molecule has 0 saturated heterocycles. The lowest BCUT2D eigenvalue weighted by atomic mass is 9.71. The first-order valence-electron chi connectivity index (χ1n) is 5.77. The predicted octanol–water partition coefficient (Wildman–Crippen LogP) is 3.57. The summed E-state index contributed by atoms with van der Waals surface area (Å²) in [6, 6.07) is 4.61. The minimum atomic E-state index is -3.45. The van der Waals surface area contributed by atoms with Crippen LogP contribution in [0.25, 0.3) is 0 Å². The number of benzene rings is 1. The van der Waals surface area contributed by atoms with E-state index >= 15 is 0 Å². The van der Waals surface area contributed by atoms with E-state index in [0.717, 1.165) is 12.8 Å². The SMILES string of the molecule is CC1(CNS(=O)(=O)c2ccc(Cl)c(Br)c2)CCC1. The Morgan fingerprint density at radius 1 is 1.44 bits per heavy atom. The van der Waals surface area contributed by atoms with Crippen LogP contribution < -0.4 is 4.72 Å². The highest BCUT2D eigenvalue weighted by Crippen LogP contribution is 2.39. The van der Waals surface area contributed by atoms with Gasteiger partial charge in [-0.1, -0.05) is 24.9 Å². The fourth-order valence-electron chi connectivity index (χ4n) is 1.95. The molecule has 3 nitrogen and oxygen atoms in total. The molecule has 0 heterocycles. The van der Waals surface area contributed by atoms with Gasteiger partial charge in [0, 0.05) is 11.0 Å². The van der Waals surface area contributed by atoms with Crippen LogP contribution in [0.15, 0.2) is 27.6 Å². The number of sulfonamides is 1. The summed E-state index contributed by atoms with van der Waals surface area (Å²) in [6.45, 7) is 2.60. The number of halogens is 2. The topological polar surface area (TPSA) is 46.2 Å². The molecule has 100 valence electrons. The minimum absolute atomic E-state index is 0.122. The molecule has 0 spiro atoms. The second-order valence-electron chi connectivity index (χ2n) is 5.06. The maximum absolute atomic E-state index is 12.1. The summed E-state index contributed by atoms with van der Waals surface area (Å²) in [4.78, 5) is 0.238. The number of hydrogen-bond donors (Lipinski definition) is 1. The average Bonchev–Trinajstić information content (AvgIpc) is 2.27. The fraction of sp³-hybridized carbons (Fsp3) is 0.500. The number of hydrogen-bond acceptors (Lipinski definition) is 2. The van der Waals surface area contributed by atoms with E-state index in [0.29, 0.717) is 16.0 Å². The highest BCUT2D eigenvalue weighted by atomic mass is 79.9. The molecule has 0 bridgehead atoms. The van der Waals surface area contributed by atoms with Crippen molar-refractivity contribution in [2.24, 2.45) is 5.41 Å². The van der Waals surface area contributed by atoms with Crippen molar-refractivity contribution in [1.29, 1.82) is 0 Å². The van der Waals surface area contributed by atoms with Crippen molar-refractivity contribution in [3.63, 3.8) is 0 Å². The standard InChI is InChI=1S/C12H15BrClNO2S/c1-12(5-2-6-12)8-15-18(16,17)9-3-4-11(14)10(13)7-9/h3-4,7,15H,2,5-6,8H2,1H3.